The molecule has 0 heterocycles. The monoisotopic (exact) mass is 345 g/mol. The van der Waals surface area contributed by atoms with Gasteiger partial charge in [-0.15, -0.1) is 24.0 Å². The van der Waals surface area contributed by atoms with Gasteiger partial charge in [-0.1, -0.05) is 31.5 Å². The van der Waals surface area contributed by atoms with Crippen LogP contribution in [-0.2, 0) is 0 Å². The van der Waals surface area contributed by atoms with Crippen LogP contribution in [0.1, 0.15) is 26.2 Å². The Morgan fingerprint density at radius 3 is 2.76 bits per heavy atom. The number of hydrogen-bond donors (Lipinski definition) is 2. The van der Waals surface area contributed by atoms with E-state index in [0.717, 1.165) is 11.6 Å². The molecule has 1 aliphatic rings. The van der Waals surface area contributed by atoms with E-state index in [9.17, 15) is 0 Å². The molecule has 2 atom stereocenters. The highest BCUT2D eigenvalue weighted by molar-refractivity contribution is 14.0. The quantitative estimate of drug-likeness (QED) is 0.500. The maximum atomic E-state index is 5.84. The minimum Gasteiger partial charge on any atom is -0.370 e. The summed E-state index contributed by atoms with van der Waals surface area (Å²) in [6, 6.07) is 10.4. The standard InChI is InChI=1S/C13H19N3.HI/c1-2-6-10-9-12(10)16-13(14)15-11-7-4-3-5-8-11;/h3-5,7-8,10,12H,2,6,9H2,1H3,(H3,14,15,16);1H/t10-,12-;/m1./s1. The van der Waals surface area contributed by atoms with E-state index in [-0.39, 0.29) is 24.0 Å². The molecule has 0 radical (unpaired) electrons. The summed E-state index contributed by atoms with van der Waals surface area (Å²) in [6.07, 6.45) is 3.71. The average Bonchev–Trinajstić information content (AvgIpc) is 2.98. The highest BCUT2D eigenvalue weighted by atomic mass is 127. The van der Waals surface area contributed by atoms with Crippen molar-refractivity contribution >= 4 is 35.6 Å². The molecule has 1 saturated carbocycles. The molecule has 1 aromatic carbocycles. The molecule has 1 aromatic rings. The SMILES string of the molecule is CCC[C@@H]1C[C@H]1N=C(N)Nc1ccccc1.I. The van der Waals surface area contributed by atoms with Crippen LogP contribution in [0.2, 0.25) is 0 Å². The van der Waals surface area contributed by atoms with Gasteiger partial charge in [0.05, 0.1) is 6.04 Å². The van der Waals surface area contributed by atoms with Crippen LogP contribution in [0.25, 0.3) is 0 Å². The third-order valence-corrected chi connectivity index (χ3v) is 2.90. The van der Waals surface area contributed by atoms with E-state index in [1.54, 1.807) is 0 Å². The van der Waals surface area contributed by atoms with Gasteiger partial charge in [0.15, 0.2) is 5.96 Å². The van der Waals surface area contributed by atoms with Crippen molar-refractivity contribution in [3.05, 3.63) is 30.3 Å². The number of guanidine groups is 1. The Labute approximate surface area is 120 Å². The van der Waals surface area contributed by atoms with Crippen molar-refractivity contribution in [2.45, 2.75) is 32.2 Å². The van der Waals surface area contributed by atoms with E-state index >= 15 is 0 Å². The Balaban J connectivity index is 0.00000144. The number of aliphatic imine (C=N–C) groups is 1. The lowest BCUT2D eigenvalue weighted by molar-refractivity contribution is 0.683. The summed E-state index contributed by atoms with van der Waals surface area (Å²) < 4.78 is 0. The molecular weight excluding hydrogens is 325 g/mol. The first-order valence-electron chi connectivity index (χ1n) is 5.95. The van der Waals surface area contributed by atoms with Crippen molar-refractivity contribution in [1.29, 1.82) is 0 Å². The Kier molecular flexibility index (Phi) is 5.74. The molecule has 94 valence electrons. The molecule has 0 unspecified atom stereocenters. The maximum Gasteiger partial charge on any atom is 0.193 e. The van der Waals surface area contributed by atoms with Gasteiger partial charge in [0.1, 0.15) is 0 Å². The maximum absolute atomic E-state index is 5.84. The van der Waals surface area contributed by atoms with Crippen LogP contribution >= 0.6 is 24.0 Å². The summed E-state index contributed by atoms with van der Waals surface area (Å²) >= 11 is 0. The fourth-order valence-electron chi connectivity index (χ4n) is 1.95. The molecule has 0 spiro atoms. The normalized spacial score (nSPS) is 22.8. The number of rotatable bonds is 4. The van der Waals surface area contributed by atoms with E-state index in [1.807, 2.05) is 30.3 Å². The van der Waals surface area contributed by atoms with E-state index < -0.39 is 0 Å². The van der Waals surface area contributed by atoms with Gasteiger partial charge in [0.2, 0.25) is 0 Å². The van der Waals surface area contributed by atoms with Crippen molar-refractivity contribution in [2.75, 3.05) is 5.32 Å². The zero-order chi connectivity index (χ0) is 11.4. The van der Waals surface area contributed by atoms with Gasteiger partial charge < -0.3 is 11.1 Å². The van der Waals surface area contributed by atoms with Crippen LogP contribution in [0.5, 0.6) is 0 Å². The Hall–Kier alpha value is -0.780. The van der Waals surface area contributed by atoms with E-state index in [1.165, 1.54) is 19.3 Å². The lowest BCUT2D eigenvalue weighted by atomic mass is 10.2. The third kappa shape index (κ3) is 4.53. The number of nitrogens with two attached hydrogens (primary N) is 1. The third-order valence-electron chi connectivity index (χ3n) is 2.90. The van der Waals surface area contributed by atoms with Gasteiger partial charge in [-0.2, -0.15) is 0 Å². The van der Waals surface area contributed by atoms with E-state index in [4.69, 9.17) is 5.73 Å². The molecule has 3 nitrogen and oxygen atoms in total. The molecule has 0 aromatic heterocycles. The van der Waals surface area contributed by atoms with Crippen molar-refractivity contribution in [1.82, 2.24) is 0 Å². The second-order valence-corrected chi connectivity index (χ2v) is 4.36. The molecular formula is C13H20IN3. The Bertz CT molecular complexity index is 364. The number of nitrogens with one attached hydrogen (secondary N) is 1. The summed E-state index contributed by atoms with van der Waals surface area (Å²) in [5, 5.41) is 3.10. The largest absolute Gasteiger partial charge is 0.370 e. The number of anilines is 1. The highest BCUT2D eigenvalue weighted by Crippen LogP contribution is 2.37. The predicted octanol–water partition coefficient (Wildman–Crippen LogP) is 3.22. The van der Waals surface area contributed by atoms with Crippen molar-refractivity contribution in [2.24, 2.45) is 16.6 Å². The second-order valence-electron chi connectivity index (χ2n) is 4.36. The summed E-state index contributed by atoms with van der Waals surface area (Å²) in [5.41, 5.74) is 6.84. The summed E-state index contributed by atoms with van der Waals surface area (Å²) in [5.74, 6) is 1.30. The van der Waals surface area contributed by atoms with Crippen LogP contribution in [0.4, 0.5) is 5.69 Å². The molecule has 0 amide bonds. The molecule has 3 N–H and O–H groups in total. The first-order chi connectivity index (χ1) is 7.79. The number of nitrogens with zero attached hydrogens (tertiary/aromatic N) is 1. The summed E-state index contributed by atoms with van der Waals surface area (Å²) in [6.45, 7) is 2.21. The van der Waals surface area contributed by atoms with Crippen LogP contribution in [0.3, 0.4) is 0 Å². The van der Waals surface area contributed by atoms with Crippen molar-refractivity contribution < 1.29 is 0 Å². The smallest absolute Gasteiger partial charge is 0.193 e. The molecule has 17 heavy (non-hydrogen) atoms. The van der Waals surface area contributed by atoms with Crippen LogP contribution < -0.4 is 11.1 Å². The van der Waals surface area contributed by atoms with Crippen LogP contribution in [0, 0.1) is 5.92 Å². The fourth-order valence-corrected chi connectivity index (χ4v) is 1.95. The molecule has 4 heteroatoms. The summed E-state index contributed by atoms with van der Waals surface area (Å²) in [4.78, 5) is 4.47. The summed E-state index contributed by atoms with van der Waals surface area (Å²) in [7, 11) is 0. The molecule has 1 aliphatic carbocycles. The van der Waals surface area contributed by atoms with Gasteiger partial charge in [-0.25, -0.2) is 4.99 Å². The lowest BCUT2D eigenvalue weighted by Crippen LogP contribution is -2.23. The molecule has 1 fully saturated rings. The molecule has 0 saturated heterocycles. The number of para-hydroxylation sites is 1. The van der Waals surface area contributed by atoms with E-state index in [2.05, 4.69) is 17.2 Å². The zero-order valence-electron chi connectivity index (χ0n) is 10.1. The molecule has 0 aliphatic heterocycles. The molecule has 0 bridgehead atoms. The van der Waals surface area contributed by atoms with Gasteiger partial charge in [0.25, 0.3) is 0 Å². The minimum atomic E-state index is 0. The van der Waals surface area contributed by atoms with E-state index in [0.29, 0.717) is 12.0 Å². The van der Waals surface area contributed by atoms with Gasteiger partial charge in [-0.05, 0) is 30.9 Å². The minimum absolute atomic E-state index is 0. The first-order valence-corrected chi connectivity index (χ1v) is 5.95. The topological polar surface area (TPSA) is 50.4 Å². The lowest BCUT2D eigenvalue weighted by Gasteiger charge is -2.04. The first kappa shape index (κ1) is 14.3. The van der Waals surface area contributed by atoms with Gasteiger partial charge >= 0.3 is 0 Å². The highest BCUT2D eigenvalue weighted by Gasteiger charge is 2.35. The van der Waals surface area contributed by atoms with Crippen molar-refractivity contribution in [3.63, 3.8) is 0 Å². The van der Waals surface area contributed by atoms with Crippen LogP contribution in [0.15, 0.2) is 35.3 Å². The van der Waals surface area contributed by atoms with Gasteiger partial charge in [0, 0.05) is 5.69 Å². The number of benzene rings is 1. The predicted molar refractivity (Wildman–Crippen MR) is 83.9 cm³/mol. The average molecular weight is 345 g/mol. The molecule has 2 rings (SSSR count). The zero-order valence-corrected chi connectivity index (χ0v) is 12.4. The van der Waals surface area contributed by atoms with Crippen LogP contribution in [-0.4, -0.2) is 12.0 Å². The van der Waals surface area contributed by atoms with Crippen molar-refractivity contribution in [3.8, 4) is 0 Å². The fraction of sp³-hybridized carbons (Fsp3) is 0.462. The Morgan fingerprint density at radius 2 is 2.12 bits per heavy atom. The Morgan fingerprint density at radius 1 is 1.41 bits per heavy atom. The number of halogens is 1. The number of hydrogen-bond acceptors (Lipinski definition) is 1. The second kappa shape index (κ2) is 6.83. The van der Waals surface area contributed by atoms with Gasteiger partial charge in [-0.3, -0.25) is 0 Å².